The molecule has 1 heteroatoms. The second kappa shape index (κ2) is 11.4. The van der Waals surface area contributed by atoms with E-state index in [1.54, 1.807) is 6.92 Å². The molecule has 0 radical (unpaired) electrons. The molecule has 0 spiro atoms. The van der Waals surface area contributed by atoms with Gasteiger partial charge in [0.05, 0.1) is 0 Å². The lowest BCUT2D eigenvalue weighted by Crippen LogP contribution is -1.93. The van der Waals surface area contributed by atoms with Crippen LogP contribution < -0.4 is 0 Å². The molecular formula is C23H32O. The van der Waals surface area contributed by atoms with Gasteiger partial charge in [0.15, 0.2) is 5.78 Å². The SMILES string of the molecule is C/C=C\c1ccc(C(C)=O)cc1C.CC.Cc1ccc(C)c(C)c1. The number of hydrogen-bond donors (Lipinski definition) is 0. The van der Waals surface area contributed by atoms with Gasteiger partial charge in [-0.1, -0.05) is 61.9 Å². The Labute approximate surface area is 148 Å². The molecule has 24 heavy (non-hydrogen) atoms. The quantitative estimate of drug-likeness (QED) is 0.551. The molecular weight excluding hydrogens is 292 g/mol. The van der Waals surface area contributed by atoms with Crippen molar-refractivity contribution in [3.05, 3.63) is 75.9 Å². The van der Waals surface area contributed by atoms with Crippen LogP contribution in [0.25, 0.3) is 6.08 Å². The van der Waals surface area contributed by atoms with E-state index in [2.05, 4.69) is 39.0 Å². The maximum atomic E-state index is 11.0. The normalized spacial score (nSPS) is 9.67. The average Bonchev–Trinajstić information content (AvgIpc) is 2.56. The standard InChI is InChI=1S/C12H14O.C9H12.C2H6/c1-4-5-11-6-7-12(10(3)13)8-9(11)2;1-7-4-5-8(2)9(3)6-7;1-2/h4-8H,1-3H3;4-6H,1-3H3;1-2H3/b5-4-;;. The molecule has 0 bridgehead atoms. The van der Waals surface area contributed by atoms with E-state index < -0.39 is 0 Å². The fraction of sp³-hybridized carbons (Fsp3) is 0.348. The molecule has 0 unspecified atom stereocenters. The minimum atomic E-state index is 0.120. The number of rotatable bonds is 2. The smallest absolute Gasteiger partial charge is 0.159 e. The maximum absolute atomic E-state index is 11.0. The van der Waals surface area contributed by atoms with E-state index in [9.17, 15) is 4.79 Å². The molecule has 2 aromatic rings. The molecule has 0 heterocycles. The summed E-state index contributed by atoms with van der Waals surface area (Å²) in [5, 5.41) is 0. The molecule has 1 nitrogen and oxygen atoms in total. The Morgan fingerprint density at radius 3 is 1.88 bits per heavy atom. The highest BCUT2D eigenvalue weighted by Gasteiger charge is 2.00. The van der Waals surface area contributed by atoms with Crippen molar-refractivity contribution in [1.29, 1.82) is 0 Å². The number of carbonyl (C=O) groups excluding carboxylic acids is 1. The summed E-state index contributed by atoms with van der Waals surface area (Å²) in [7, 11) is 0. The molecule has 2 aromatic carbocycles. The van der Waals surface area contributed by atoms with Crippen LogP contribution in [-0.2, 0) is 0 Å². The van der Waals surface area contributed by atoms with Crippen LogP contribution >= 0.6 is 0 Å². The van der Waals surface area contributed by atoms with Gasteiger partial charge in [-0.15, -0.1) is 0 Å². The molecule has 0 aromatic heterocycles. The van der Waals surface area contributed by atoms with E-state index in [1.165, 1.54) is 22.3 Å². The van der Waals surface area contributed by atoms with Crippen LogP contribution in [-0.4, -0.2) is 5.78 Å². The van der Waals surface area contributed by atoms with E-state index in [0.717, 1.165) is 11.1 Å². The lowest BCUT2D eigenvalue weighted by atomic mass is 10.0. The van der Waals surface area contributed by atoms with E-state index in [0.29, 0.717) is 0 Å². The van der Waals surface area contributed by atoms with Gasteiger partial charge in [-0.2, -0.15) is 0 Å². The van der Waals surface area contributed by atoms with Crippen molar-refractivity contribution in [1.82, 2.24) is 0 Å². The number of benzene rings is 2. The molecule has 0 fully saturated rings. The van der Waals surface area contributed by atoms with Gasteiger partial charge in [0.25, 0.3) is 0 Å². The van der Waals surface area contributed by atoms with E-state index in [1.807, 2.05) is 58.0 Å². The number of allylic oxidation sites excluding steroid dienone is 1. The fourth-order valence-corrected chi connectivity index (χ4v) is 2.15. The summed E-state index contributed by atoms with van der Waals surface area (Å²) in [6, 6.07) is 12.3. The topological polar surface area (TPSA) is 17.1 Å². The molecule has 0 aliphatic carbocycles. The highest BCUT2D eigenvalue weighted by molar-refractivity contribution is 5.94. The van der Waals surface area contributed by atoms with E-state index in [-0.39, 0.29) is 5.78 Å². The van der Waals surface area contributed by atoms with Gasteiger partial charge in [-0.3, -0.25) is 4.79 Å². The fourth-order valence-electron chi connectivity index (χ4n) is 2.15. The summed E-state index contributed by atoms with van der Waals surface area (Å²) < 4.78 is 0. The van der Waals surface area contributed by atoms with Crippen LogP contribution in [0.2, 0.25) is 0 Å². The zero-order valence-corrected chi connectivity index (χ0v) is 16.5. The van der Waals surface area contributed by atoms with Crippen molar-refractivity contribution in [2.45, 2.75) is 55.4 Å². The van der Waals surface area contributed by atoms with Crippen LogP contribution in [0.4, 0.5) is 0 Å². The molecule has 0 amide bonds. The molecule has 130 valence electrons. The summed E-state index contributed by atoms with van der Waals surface area (Å²) in [4.78, 5) is 11.0. The largest absolute Gasteiger partial charge is 0.295 e. The van der Waals surface area contributed by atoms with Crippen molar-refractivity contribution in [3.8, 4) is 0 Å². The summed E-state index contributed by atoms with van der Waals surface area (Å²) in [6.45, 7) is 16.0. The Balaban J connectivity index is 0.000000420. The predicted octanol–water partition coefficient (Wildman–Crippen LogP) is 6.87. The number of carbonyl (C=O) groups is 1. The Bertz CT molecular complexity index is 678. The van der Waals surface area contributed by atoms with Gasteiger partial charge in [0.2, 0.25) is 0 Å². The van der Waals surface area contributed by atoms with E-state index in [4.69, 9.17) is 0 Å². The van der Waals surface area contributed by atoms with Gasteiger partial charge < -0.3 is 0 Å². The van der Waals surface area contributed by atoms with Gasteiger partial charge >= 0.3 is 0 Å². The monoisotopic (exact) mass is 324 g/mol. The van der Waals surface area contributed by atoms with Gasteiger partial charge in [-0.25, -0.2) is 0 Å². The molecule has 0 saturated carbocycles. The maximum Gasteiger partial charge on any atom is 0.159 e. The van der Waals surface area contributed by atoms with Gasteiger partial charge in [0, 0.05) is 5.56 Å². The Morgan fingerprint density at radius 2 is 1.46 bits per heavy atom. The first-order valence-corrected chi connectivity index (χ1v) is 8.63. The summed E-state index contributed by atoms with van der Waals surface area (Å²) in [5.74, 6) is 0.120. The zero-order chi connectivity index (χ0) is 18.7. The predicted molar refractivity (Wildman–Crippen MR) is 108 cm³/mol. The Hall–Kier alpha value is -2.15. The first-order chi connectivity index (χ1) is 11.3. The van der Waals surface area contributed by atoms with Crippen LogP contribution in [0.3, 0.4) is 0 Å². The number of aryl methyl sites for hydroxylation is 4. The summed E-state index contributed by atoms with van der Waals surface area (Å²) >= 11 is 0. The number of Topliss-reactive ketones (excluding diaryl/α,β-unsaturated/α-hetero) is 1. The molecule has 0 atom stereocenters. The third kappa shape index (κ3) is 7.41. The second-order valence-corrected chi connectivity index (χ2v) is 5.72. The zero-order valence-electron chi connectivity index (χ0n) is 16.5. The lowest BCUT2D eigenvalue weighted by Gasteiger charge is -2.02. The third-order valence-electron chi connectivity index (χ3n) is 3.68. The molecule has 0 aliphatic rings. The highest BCUT2D eigenvalue weighted by atomic mass is 16.1. The van der Waals surface area contributed by atoms with Crippen molar-refractivity contribution >= 4 is 11.9 Å². The molecule has 0 saturated heterocycles. The van der Waals surface area contributed by atoms with Crippen LogP contribution in [0.15, 0.2) is 42.5 Å². The second-order valence-electron chi connectivity index (χ2n) is 5.72. The van der Waals surface area contributed by atoms with Gasteiger partial charge in [-0.05, 0) is 69.9 Å². The first-order valence-electron chi connectivity index (χ1n) is 8.63. The van der Waals surface area contributed by atoms with E-state index >= 15 is 0 Å². The molecule has 2 rings (SSSR count). The van der Waals surface area contributed by atoms with Crippen LogP contribution in [0, 0.1) is 27.7 Å². The van der Waals surface area contributed by atoms with Crippen molar-refractivity contribution < 1.29 is 4.79 Å². The number of hydrogen-bond acceptors (Lipinski definition) is 1. The third-order valence-corrected chi connectivity index (χ3v) is 3.68. The van der Waals surface area contributed by atoms with Crippen molar-refractivity contribution in [2.75, 3.05) is 0 Å². The highest BCUT2D eigenvalue weighted by Crippen LogP contribution is 2.13. The summed E-state index contributed by atoms with van der Waals surface area (Å²) in [6.07, 6.45) is 4.04. The molecule has 0 aliphatic heterocycles. The van der Waals surface area contributed by atoms with Crippen LogP contribution in [0.5, 0.6) is 0 Å². The van der Waals surface area contributed by atoms with Crippen LogP contribution in [0.1, 0.15) is 65.9 Å². The van der Waals surface area contributed by atoms with Crippen molar-refractivity contribution in [2.24, 2.45) is 0 Å². The summed E-state index contributed by atoms with van der Waals surface area (Å²) in [5.41, 5.74) is 7.21. The van der Waals surface area contributed by atoms with Gasteiger partial charge in [0.1, 0.15) is 0 Å². The first kappa shape index (κ1) is 21.9. The minimum Gasteiger partial charge on any atom is -0.295 e. The number of ketones is 1. The average molecular weight is 325 g/mol. The van der Waals surface area contributed by atoms with Crippen molar-refractivity contribution in [3.63, 3.8) is 0 Å². The molecule has 0 N–H and O–H groups in total. The Kier molecular flexibility index (Phi) is 10.4. The minimum absolute atomic E-state index is 0.120. The lowest BCUT2D eigenvalue weighted by molar-refractivity contribution is 0.101. The Morgan fingerprint density at radius 1 is 0.833 bits per heavy atom.